The molecule has 256 valence electrons. The van der Waals surface area contributed by atoms with Gasteiger partial charge >= 0.3 is 0 Å². The minimum atomic E-state index is 1.06. The molecule has 3 heterocycles. The average molecular weight is 686 g/mol. The Labute approximate surface area is 307 Å². The number of rotatable bonds is 4. The van der Waals surface area contributed by atoms with E-state index in [-0.39, 0.29) is 0 Å². The molecular formula is C47H47N3S. The van der Waals surface area contributed by atoms with E-state index in [2.05, 4.69) is 119 Å². The summed E-state index contributed by atoms with van der Waals surface area (Å²) in [7, 11) is 2.31. The monoisotopic (exact) mass is 685 g/mol. The van der Waals surface area contributed by atoms with Crippen molar-refractivity contribution in [1.29, 1.82) is 0 Å². The first kappa shape index (κ1) is 31.3. The quantitative estimate of drug-likeness (QED) is 0.174. The van der Waals surface area contributed by atoms with Crippen molar-refractivity contribution in [3.05, 3.63) is 124 Å². The van der Waals surface area contributed by atoms with Crippen LogP contribution in [0.5, 0.6) is 0 Å². The lowest BCUT2D eigenvalue weighted by Gasteiger charge is -2.36. The third-order valence-corrected chi connectivity index (χ3v) is 13.5. The van der Waals surface area contributed by atoms with E-state index in [1.165, 1.54) is 126 Å². The second-order valence-electron chi connectivity index (χ2n) is 15.2. The molecule has 2 fully saturated rings. The molecule has 10 rings (SSSR count). The normalized spacial score (nSPS) is 19.6. The molecule has 0 saturated carbocycles. The number of thioether (sulfide) groups is 1. The van der Waals surface area contributed by atoms with Gasteiger partial charge in [-0.1, -0.05) is 78.5 Å². The lowest BCUT2D eigenvalue weighted by atomic mass is 9.82. The van der Waals surface area contributed by atoms with Crippen molar-refractivity contribution >= 4 is 61.0 Å². The molecule has 5 aromatic carbocycles. The van der Waals surface area contributed by atoms with Gasteiger partial charge in [0.15, 0.2) is 0 Å². The standard InChI is InChI=1S/C47H47N3S/c1-48-42-17-6-7-18-44(42)51-45-24-19-33(29-43(45)48)46-38-22-20-35(50-27-10-3-11-28-50)31-41(38)47(37-16-12-14-32-13-4-5-15-36(32)37)39-23-21-34(30-40(39)46)49-25-8-2-9-26-49/h4-5,7,12-16,18,20-23,29-31H,2-3,6,8-11,17,19,24-28H2,1H3. The second-order valence-corrected chi connectivity index (χ2v) is 16.4. The predicted molar refractivity (Wildman–Crippen MR) is 222 cm³/mol. The maximum atomic E-state index is 2.64. The van der Waals surface area contributed by atoms with Gasteiger partial charge in [-0.15, -0.1) is 0 Å². The Bertz CT molecular complexity index is 2320. The van der Waals surface area contributed by atoms with E-state index in [1.54, 1.807) is 0 Å². The van der Waals surface area contributed by atoms with E-state index in [0.717, 1.165) is 51.9 Å². The van der Waals surface area contributed by atoms with Gasteiger partial charge in [0.25, 0.3) is 0 Å². The summed E-state index contributed by atoms with van der Waals surface area (Å²) in [5.41, 5.74) is 11.3. The fourth-order valence-electron chi connectivity index (χ4n) is 9.59. The van der Waals surface area contributed by atoms with Crippen molar-refractivity contribution in [3.63, 3.8) is 0 Å². The molecule has 0 radical (unpaired) electrons. The summed E-state index contributed by atoms with van der Waals surface area (Å²) in [5.74, 6) is 0. The fourth-order valence-corrected chi connectivity index (χ4v) is 10.9. The minimum absolute atomic E-state index is 1.06. The molecule has 0 atom stereocenters. The third kappa shape index (κ3) is 5.41. The number of hydrogen-bond donors (Lipinski definition) is 0. The summed E-state index contributed by atoms with van der Waals surface area (Å²) < 4.78 is 0. The Hall–Kier alpha value is -4.41. The number of nitrogens with zero attached hydrogens (tertiary/aromatic N) is 3. The molecule has 0 spiro atoms. The maximum absolute atomic E-state index is 2.64. The van der Waals surface area contributed by atoms with E-state index < -0.39 is 0 Å². The van der Waals surface area contributed by atoms with Gasteiger partial charge in [0.1, 0.15) is 0 Å². The molecule has 3 nitrogen and oxygen atoms in total. The molecule has 5 aliphatic rings. The number of piperidine rings is 2. The van der Waals surface area contributed by atoms with Crippen LogP contribution in [0.15, 0.2) is 118 Å². The van der Waals surface area contributed by atoms with Crippen LogP contribution < -0.4 is 9.80 Å². The van der Waals surface area contributed by atoms with Gasteiger partial charge in [-0.2, -0.15) is 0 Å². The molecule has 2 saturated heterocycles. The topological polar surface area (TPSA) is 9.72 Å². The van der Waals surface area contributed by atoms with Crippen molar-refractivity contribution in [2.45, 2.75) is 64.2 Å². The largest absolute Gasteiger partial charge is 0.372 e. The molecule has 0 bridgehead atoms. The molecule has 4 heteroatoms. The van der Waals surface area contributed by atoms with Crippen molar-refractivity contribution in [1.82, 2.24) is 4.90 Å². The summed E-state index contributed by atoms with van der Waals surface area (Å²) >= 11 is 2.02. The Morgan fingerprint density at radius 3 is 2.00 bits per heavy atom. The Balaban J connectivity index is 1.26. The van der Waals surface area contributed by atoms with Crippen LogP contribution in [0.1, 0.15) is 69.8 Å². The number of hydrogen-bond acceptors (Lipinski definition) is 4. The molecule has 51 heavy (non-hydrogen) atoms. The van der Waals surface area contributed by atoms with Crippen LogP contribution in [0.4, 0.5) is 11.4 Å². The third-order valence-electron chi connectivity index (χ3n) is 12.2. The van der Waals surface area contributed by atoms with Crippen LogP contribution in [-0.2, 0) is 0 Å². The summed E-state index contributed by atoms with van der Waals surface area (Å²) in [4.78, 5) is 10.8. The minimum Gasteiger partial charge on any atom is -0.372 e. The maximum Gasteiger partial charge on any atom is 0.0509 e. The molecule has 0 amide bonds. The number of fused-ring (bicyclic) bond motifs is 3. The van der Waals surface area contributed by atoms with E-state index >= 15 is 0 Å². The Morgan fingerprint density at radius 1 is 0.588 bits per heavy atom. The van der Waals surface area contributed by atoms with Crippen LogP contribution in [0.3, 0.4) is 0 Å². The van der Waals surface area contributed by atoms with Gasteiger partial charge in [-0.25, -0.2) is 0 Å². The molecular weight excluding hydrogens is 639 g/mol. The Morgan fingerprint density at radius 2 is 1.25 bits per heavy atom. The average Bonchev–Trinajstić information content (AvgIpc) is 3.20. The highest BCUT2D eigenvalue weighted by molar-refractivity contribution is 8.07. The number of benzene rings is 5. The van der Waals surface area contributed by atoms with Gasteiger partial charge in [0.05, 0.1) is 5.70 Å². The highest BCUT2D eigenvalue weighted by Gasteiger charge is 2.30. The van der Waals surface area contributed by atoms with Gasteiger partial charge in [0, 0.05) is 60.1 Å². The van der Waals surface area contributed by atoms with Crippen LogP contribution in [0.2, 0.25) is 0 Å². The van der Waals surface area contributed by atoms with Gasteiger partial charge in [0.2, 0.25) is 0 Å². The number of likely N-dealkylation sites (N-methyl/N-ethyl adjacent to an activating group) is 1. The predicted octanol–water partition coefficient (Wildman–Crippen LogP) is 12.4. The first-order valence-corrected chi connectivity index (χ1v) is 20.3. The SMILES string of the molecule is CN1C2=C(CCC(c3c4cc(N5CCCCC5)ccc4c(-c4cccc5ccccc45)c4cc(N5CCCCC5)ccc34)=C2)SC2=C1CCC=C2. The number of anilines is 2. The Kier molecular flexibility index (Phi) is 7.97. The summed E-state index contributed by atoms with van der Waals surface area (Å²) in [6.45, 7) is 4.59. The highest BCUT2D eigenvalue weighted by atomic mass is 32.2. The number of allylic oxidation sites excluding steroid dienone is 6. The summed E-state index contributed by atoms with van der Waals surface area (Å²) in [6.07, 6.45) is 19.5. The van der Waals surface area contributed by atoms with Crippen LogP contribution in [0.25, 0.3) is 49.0 Å². The fraction of sp³-hybridized carbons (Fsp3) is 0.319. The molecule has 5 aromatic rings. The summed E-state index contributed by atoms with van der Waals surface area (Å²) in [6, 6.07) is 30.8. The van der Waals surface area contributed by atoms with E-state index in [1.807, 2.05) is 11.8 Å². The molecule has 3 aliphatic heterocycles. The van der Waals surface area contributed by atoms with Crippen LogP contribution >= 0.6 is 11.8 Å². The van der Waals surface area contributed by atoms with Crippen molar-refractivity contribution in [3.8, 4) is 11.1 Å². The smallest absolute Gasteiger partial charge is 0.0509 e. The van der Waals surface area contributed by atoms with Crippen LogP contribution in [-0.4, -0.2) is 38.1 Å². The molecule has 0 unspecified atom stereocenters. The van der Waals surface area contributed by atoms with Gasteiger partial charge < -0.3 is 14.7 Å². The summed E-state index contributed by atoms with van der Waals surface area (Å²) in [5, 5.41) is 8.19. The van der Waals surface area contributed by atoms with Gasteiger partial charge in [-0.05, 0) is 149 Å². The first-order chi connectivity index (χ1) is 25.2. The lowest BCUT2D eigenvalue weighted by Crippen LogP contribution is -2.29. The van der Waals surface area contributed by atoms with E-state index in [9.17, 15) is 0 Å². The van der Waals surface area contributed by atoms with Crippen molar-refractivity contribution in [2.75, 3.05) is 43.0 Å². The van der Waals surface area contributed by atoms with Crippen LogP contribution in [0, 0.1) is 0 Å². The zero-order valence-electron chi connectivity index (χ0n) is 29.9. The van der Waals surface area contributed by atoms with Crippen molar-refractivity contribution < 1.29 is 0 Å². The molecule has 2 aliphatic carbocycles. The van der Waals surface area contributed by atoms with Gasteiger partial charge in [-0.3, -0.25) is 0 Å². The molecule has 0 aromatic heterocycles. The second kappa shape index (κ2) is 13.0. The highest BCUT2D eigenvalue weighted by Crippen LogP contribution is 2.51. The zero-order chi connectivity index (χ0) is 33.9. The van der Waals surface area contributed by atoms with Crippen molar-refractivity contribution in [2.24, 2.45) is 0 Å². The van der Waals surface area contributed by atoms with E-state index in [4.69, 9.17) is 0 Å². The molecule has 0 N–H and O–H groups in total. The zero-order valence-corrected chi connectivity index (χ0v) is 30.7. The first-order valence-electron chi connectivity index (χ1n) is 19.5. The van der Waals surface area contributed by atoms with E-state index in [0.29, 0.717) is 0 Å². The lowest BCUT2D eigenvalue weighted by molar-refractivity contribution is 0.497.